The van der Waals surface area contributed by atoms with E-state index in [1.807, 2.05) is 0 Å². The molecule has 1 aliphatic carbocycles. The Hall–Kier alpha value is -1.10. The van der Waals surface area contributed by atoms with Crippen molar-refractivity contribution >= 4 is 11.9 Å². The van der Waals surface area contributed by atoms with Crippen molar-refractivity contribution in [3.63, 3.8) is 0 Å². The van der Waals surface area contributed by atoms with Gasteiger partial charge in [0.15, 0.2) is 0 Å². The normalized spacial score (nSPS) is 28.5. The SMILES string of the molecule is CCOC(=O)C1(OC(C)=O)CCC(CN)CC1. The molecule has 17 heavy (non-hydrogen) atoms. The number of hydrogen-bond acceptors (Lipinski definition) is 5. The molecule has 0 aromatic rings. The molecule has 0 amide bonds. The first kappa shape index (κ1) is 14.0. The molecule has 0 unspecified atom stereocenters. The summed E-state index contributed by atoms with van der Waals surface area (Å²) in [7, 11) is 0. The van der Waals surface area contributed by atoms with Gasteiger partial charge in [-0.25, -0.2) is 4.79 Å². The minimum Gasteiger partial charge on any atom is -0.463 e. The van der Waals surface area contributed by atoms with Crippen molar-refractivity contribution < 1.29 is 19.1 Å². The smallest absolute Gasteiger partial charge is 0.350 e. The minimum atomic E-state index is -1.08. The highest BCUT2D eigenvalue weighted by Gasteiger charge is 2.45. The fourth-order valence-corrected chi connectivity index (χ4v) is 2.27. The lowest BCUT2D eigenvalue weighted by molar-refractivity contribution is -0.186. The molecule has 5 nitrogen and oxygen atoms in total. The zero-order chi connectivity index (χ0) is 12.9. The van der Waals surface area contributed by atoms with Crippen LogP contribution < -0.4 is 5.73 Å². The third-order valence-electron chi connectivity index (χ3n) is 3.23. The highest BCUT2D eigenvalue weighted by Crippen LogP contribution is 2.35. The zero-order valence-corrected chi connectivity index (χ0v) is 10.5. The summed E-state index contributed by atoms with van der Waals surface area (Å²) in [6, 6.07) is 0. The lowest BCUT2D eigenvalue weighted by Gasteiger charge is -2.36. The van der Waals surface area contributed by atoms with E-state index in [-0.39, 0.29) is 0 Å². The molecule has 0 aliphatic heterocycles. The largest absolute Gasteiger partial charge is 0.463 e. The molecule has 0 bridgehead atoms. The van der Waals surface area contributed by atoms with Crippen LogP contribution in [0.2, 0.25) is 0 Å². The number of esters is 2. The van der Waals surface area contributed by atoms with E-state index < -0.39 is 17.5 Å². The number of hydrogen-bond donors (Lipinski definition) is 1. The Morgan fingerprint density at radius 3 is 2.35 bits per heavy atom. The van der Waals surface area contributed by atoms with Crippen molar-refractivity contribution in [1.82, 2.24) is 0 Å². The second kappa shape index (κ2) is 6.00. The molecule has 1 aliphatic rings. The molecular weight excluding hydrogens is 222 g/mol. The van der Waals surface area contributed by atoms with Crippen molar-refractivity contribution in [3.05, 3.63) is 0 Å². The molecule has 0 heterocycles. The Bertz CT molecular complexity index is 282. The van der Waals surface area contributed by atoms with Crippen LogP contribution in [0.1, 0.15) is 39.5 Å². The summed E-state index contributed by atoms with van der Waals surface area (Å²) >= 11 is 0. The highest BCUT2D eigenvalue weighted by molar-refractivity contribution is 5.83. The summed E-state index contributed by atoms with van der Waals surface area (Å²) in [5, 5.41) is 0. The Balaban J connectivity index is 2.74. The average Bonchev–Trinajstić information content (AvgIpc) is 2.29. The molecule has 0 aromatic carbocycles. The molecule has 2 N–H and O–H groups in total. The van der Waals surface area contributed by atoms with E-state index in [1.54, 1.807) is 6.92 Å². The van der Waals surface area contributed by atoms with Crippen LogP contribution >= 0.6 is 0 Å². The van der Waals surface area contributed by atoms with Gasteiger partial charge in [-0.1, -0.05) is 0 Å². The maximum absolute atomic E-state index is 11.9. The first-order chi connectivity index (χ1) is 8.04. The van der Waals surface area contributed by atoms with Crippen molar-refractivity contribution in [1.29, 1.82) is 0 Å². The van der Waals surface area contributed by atoms with Gasteiger partial charge in [-0.3, -0.25) is 4.79 Å². The summed E-state index contributed by atoms with van der Waals surface area (Å²) in [5.74, 6) is -0.456. The number of nitrogens with two attached hydrogens (primary N) is 1. The van der Waals surface area contributed by atoms with E-state index in [0.717, 1.165) is 12.8 Å². The monoisotopic (exact) mass is 243 g/mol. The molecule has 1 rings (SSSR count). The standard InChI is InChI=1S/C12H21NO4/c1-3-16-11(15)12(17-9(2)14)6-4-10(8-13)5-7-12/h10H,3-8,13H2,1-2H3. The van der Waals surface area contributed by atoms with Gasteiger partial charge in [-0.05, 0) is 45.1 Å². The first-order valence-electron chi connectivity index (χ1n) is 6.11. The van der Waals surface area contributed by atoms with Crippen LogP contribution in [0.4, 0.5) is 0 Å². The van der Waals surface area contributed by atoms with Crippen molar-refractivity contribution in [3.8, 4) is 0 Å². The first-order valence-corrected chi connectivity index (χ1v) is 6.11. The highest BCUT2D eigenvalue weighted by atomic mass is 16.6. The van der Waals surface area contributed by atoms with Gasteiger partial charge in [0.2, 0.25) is 5.60 Å². The maximum atomic E-state index is 11.9. The Morgan fingerprint density at radius 2 is 1.94 bits per heavy atom. The lowest BCUT2D eigenvalue weighted by Crippen LogP contribution is -2.47. The number of carbonyl (C=O) groups excluding carboxylic acids is 2. The quantitative estimate of drug-likeness (QED) is 0.745. The van der Waals surface area contributed by atoms with Crippen molar-refractivity contribution in [2.24, 2.45) is 11.7 Å². The second-order valence-electron chi connectivity index (χ2n) is 4.49. The summed E-state index contributed by atoms with van der Waals surface area (Å²) in [4.78, 5) is 23.0. The third-order valence-corrected chi connectivity index (χ3v) is 3.23. The van der Waals surface area contributed by atoms with Gasteiger partial charge >= 0.3 is 11.9 Å². The van der Waals surface area contributed by atoms with E-state index in [9.17, 15) is 9.59 Å². The molecule has 1 saturated carbocycles. The summed E-state index contributed by atoms with van der Waals surface area (Å²) in [6.45, 7) is 3.96. The van der Waals surface area contributed by atoms with E-state index in [0.29, 0.717) is 31.9 Å². The van der Waals surface area contributed by atoms with E-state index in [2.05, 4.69) is 0 Å². The predicted molar refractivity (Wildman–Crippen MR) is 62.1 cm³/mol. The molecule has 0 spiro atoms. The van der Waals surface area contributed by atoms with Gasteiger partial charge in [0, 0.05) is 6.92 Å². The van der Waals surface area contributed by atoms with Crippen LogP contribution in [-0.4, -0.2) is 30.7 Å². The van der Waals surface area contributed by atoms with Gasteiger partial charge < -0.3 is 15.2 Å². The van der Waals surface area contributed by atoms with Crippen LogP contribution in [0.15, 0.2) is 0 Å². The fraction of sp³-hybridized carbons (Fsp3) is 0.833. The Morgan fingerprint density at radius 1 is 1.35 bits per heavy atom. The fourth-order valence-electron chi connectivity index (χ4n) is 2.27. The number of carbonyl (C=O) groups is 2. The lowest BCUT2D eigenvalue weighted by atomic mass is 9.78. The second-order valence-corrected chi connectivity index (χ2v) is 4.49. The van der Waals surface area contributed by atoms with Gasteiger partial charge in [-0.15, -0.1) is 0 Å². The van der Waals surface area contributed by atoms with E-state index >= 15 is 0 Å². The Kier molecular flexibility index (Phi) is 4.93. The molecule has 98 valence electrons. The van der Waals surface area contributed by atoms with Crippen LogP contribution in [-0.2, 0) is 19.1 Å². The van der Waals surface area contributed by atoms with Crippen LogP contribution in [0, 0.1) is 5.92 Å². The molecule has 1 fully saturated rings. The number of ether oxygens (including phenoxy) is 2. The van der Waals surface area contributed by atoms with Gasteiger partial charge in [-0.2, -0.15) is 0 Å². The molecule has 0 aromatic heterocycles. The van der Waals surface area contributed by atoms with Crippen molar-refractivity contribution in [2.75, 3.05) is 13.2 Å². The topological polar surface area (TPSA) is 78.6 Å². The summed E-state index contributed by atoms with van der Waals surface area (Å²) in [5.41, 5.74) is 4.53. The summed E-state index contributed by atoms with van der Waals surface area (Å²) < 4.78 is 10.2. The third kappa shape index (κ3) is 3.43. The van der Waals surface area contributed by atoms with Gasteiger partial charge in [0.1, 0.15) is 0 Å². The summed E-state index contributed by atoms with van der Waals surface area (Å²) in [6.07, 6.45) is 2.60. The van der Waals surface area contributed by atoms with Crippen molar-refractivity contribution in [2.45, 2.75) is 45.1 Å². The van der Waals surface area contributed by atoms with Gasteiger partial charge in [0.25, 0.3) is 0 Å². The number of rotatable bonds is 4. The molecule has 5 heteroatoms. The molecular formula is C12H21NO4. The Labute approximate surface area is 102 Å². The van der Waals surface area contributed by atoms with E-state index in [1.165, 1.54) is 6.92 Å². The minimum absolute atomic E-state index is 0.294. The molecule has 0 atom stereocenters. The van der Waals surface area contributed by atoms with Gasteiger partial charge in [0.05, 0.1) is 6.61 Å². The van der Waals surface area contributed by atoms with E-state index in [4.69, 9.17) is 15.2 Å². The molecule has 0 saturated heterocycles. The van der Waals surface area contributed by atoms with Crippen LogP contribution in [0.3, 0.4) is 0 Å². The zero-order valence-electron chi connectivity index (χ0n) is 10.5. The van der Waals surface area contributed by atoms with Crippen LogP contribution in [0.5, 0.6) is 0 Å². The maximum Gasteiger partial charge on any atom is 0.350 e. The average molecular weight is 243 g/mol. The van der Waals surface area contributed by atoms with Crippen LogP contribution in [0.25, 0.3) is 0 Å². The molecule has 0 radical (unpaired) electrons. The predicted octanol–water partition coefficient (Wildman–Crippen LogP) is 1.00.